The highest BCUT2D eigenvalue weighted by molar-refractivity contribution is 5.91. The number of nitrogens with one attached hydrogen (secondary N) is 1. The van der Waals surface area contributed by atoms with Crippen LogP contribution in [-0.4, -0.2) is 43.7 Å². The number of carbonyl (C=O) groups excluding carboxylic acids is 1. The number of likely N-dealkylation sites (N-methyl/N-ethyl adjacent to an activating group) is 1. The smallest absolute Gasteiger partial charge is 0.225 e. The molecule has 0 saturated carbocycles. The molecule has 0 radical (unpaired) electrons. The van der Waals surface area contributed by atoms with Crippen molar-refractivity contribution in [3.63, 3.8) is 0 Å². The van der Waals surface area contributed by atoms with E-state index in [1.165, 1.54) is 18.2 Å². The molecule has 1 aliphatic rings. The molecule has 5 nitrogen and oxygen atoms in total. The van der Waals surface area contributed by atoms with Gasteiger partial charge in [0.2, 0.25) is 5.91 Å². The van der Waals surface area contributed by atoms with Crippen LogP contribution in [0.2, 0.25) is 0 Å². The first-order chi connectivity index (χ1) is 9.56. The Kier molecular flexibility index (Phi) is 4.92. The molecule has 110 valence electrons. The molecule has 1 unspecified atom stereocenters. The van der Waals surface area contributed by atoms with E-state index < -0.39 is 5.82 Å². The van der Waals surface area contributed by atoms with Gasteiger partial charge in [0.1, 0.15) is 5.82 Å². The molecule has 1 fully saturated rings. The Bertz CT molecular complexity index is 475. The molecule has 1 heterocycles. The Labute approximate surface area is 117 Å². The summed E-state index contributed by atoms with van der Waals surface area (Å²) in [6.07, 6.45) is 1.39. The summed E-state index contributed by atoms with van der Waals surface area (Å²) in [5.41, 5.74) is 6.00. The summed E-state index contributed by atoms with van der Waals surface area (Å²) >= 11 is 0. The van der Waals surface area contributed by atoms with Crippen LogP contribution in [0.15, 0.2) is 18.2 Å². The lowest BCUT2D eigenvalue weighted by Crippen LogP contribution is -2.34. The second-order valence-electron chi connectivity index (χ2n) is 5.03. The first kappa shape index (κ1) is 14.7. The number of halogens is 1. The monoisotopic (exact) mass is 281 g/mol. The van der Waals surface area contributed by atoms with Gasteiger partial charge < -0.3 is 20.7 Å². The Morgan fingerprint density at radius 2 is 2.40 bits per heavy atom. The van der Waals surface area contributed by atoms with Crippen LogP contribution < -0.4 is 11.1 Å². The maximum atomic E-state index is 13.0. The highest BCUT2D eigenvalue weighted by atomic mass is 19.1. The number of benzene rings is 1. The Balaban J connectivity index is 1.78. The van der Waals surface area contributed by atoms with Crippen molar-refractivity contribution in [2.75, 3.05) is 37.9 Å². The van der Waals surface area contributed by atoms with E-state index in [0.29, 0.717) is 24.7 Å². The first-order valence-electron chi connectivity index (χ1n) is 6.69. The lowest BCUT2D eigenvalue weighted by molar-refractivity contribution is -0.116. The van der Waals surface area contributed by atoms with Crippen LogP contribution in [0.1, 0.15) is 12.8 Å². The lowest BCUT2D eigenvalue weighted by atomic mass is 10.2. The lowest BCUT2D eigenvalue weighted by Gasteiger charge is -2.22. The molecule has 1 aliphatic heterocycles. The van der Waals surface area contributed by atoms with Crippen molar-refractivity contribution in [1.29, 1.82) is 0 Å². The number of ether oxygens (including phenoxy) is 1. The number of nitrogen functional groups attached to an aromatic ring is 1. The number of nitrogens with zero attached hydrogens (tertiary/aromatic N) is 1. The zero-order valence-corrected chi connectivity index (χ0v) is 11.6. The fourth-order valence-electron chi connectivity index (χ4n) is 2.18. The van der Waals surface area contributed by atoms with Gasteiger partial charge in [-0.3, -0.25) is 4.79 Å². The van der Waals surface area contributed by atoms with Crippen LogP contribution in [0.25, 0.3) is 0 Å². The average molecular weight is 281 g/mol. The molecule has 1 amide bonds. The maximum absolute atomic E-state index is 13.0. The summed E-state index contributed by atoms with van der Waals surface area (Å²) in [7, 11) is 1.99. The summed E-state index contributed by atoms with van der Waals surface area (Å²) in [6, 6.07) is 4.55. The Hall–Kier alpha value is -1.66. The number of anilines is 2. The maximum Gasteiger partial charge on any atom is 0.225 e. The van der Waals surface area contributed by atoms with Gasteiger partial charge in [0, 0.05) is 31.3 Å². The van der Waals surface area contributed by atoms with Crippen LogP contribution in [0, 0.1) is 5.82 Å². The van der Waals surface area contributed by atoms with E-state index in [4.69, 9.17) is 10.5 Å². The number of nitrogens with two attached hydrogens (primary N) is 1. The summed E-state index contributed by atoms with van der Waals surface area (Å²) in [5.74, 6) is -0.592. The molecular weight excluding hydrogens is 261 g/mol. The third-order valence-corrected chi connectivity index (χ3v) is 3.50. The largest absolute Gasteiger partial charge is 0.396 e. The van der Waals surface area contributed by atoms with Crippen molar-refractivity contribution in [1.82, 2.24) is 4.90 Å². The molecule has 6 heteroatoms. The standard InChI is InChI=1S/C14H20FN3O2/c1-18(11-5-7-20-9-11)6-4-14(19)17-10-2-3-12(15)13(16)8-10/h2-3,8,11H,4-7,9,16H2,1H3,(H,17,19). The molecule has 0 spiro atoms. The minimum atomic E-state index is -0.482. The number of hydrogen-bond donors (Lipinski definition) is 2. The summed E-state index contributed by atoms with van der Waals surface area (Å²) in [6.45, 7) is 2.18. The van der Waals surface area contributed by atoms with Crippen molar-refractivity contribution in [3.05, 3.63) is 24.0 Å². The Morgan fingerprint density at radius 3 is 3.05 bits per heavy atom. The molecule has 1 saturated heterocycles. The highest BCUT2D eigenvalue weighted by Gasteiger charge is 2.20. The number of amides is 1. The zero-order valence-electron chi connectivity index (χ0n) is 11.6. The molecule has 20 heavy (non-hydrogen) atoms. The zero-order chi connectivity index (χ0) is 14.5. The molecule has 0 aromatic heterocycles. The van der Waals surface area contributed by atoms with Crippen molar-refractivity contribution in [2.45, 2.75) is 18.9 Å². The third kappa shape index (κ3) is 3.91. The van der Waals surface area contributed by atoms with Gasteiger partial charge in [-0.05, 0) is 31.7 Å². The molecule has 1 aromatic carbocycles. The van der Waals surface area contributed by atoms with Crippen LogP contribution in [-0.2, 0) is 9.53 Å². The SMILES string of the molecule is CN(CCC(=O)Nc1ccc(F)c(N)c1)C1CCOC1. The van der Waals surface area contributed by atoms with Crippen molar-refractivity contribution in [3.8, 4) is 0 Å². The van der Waals surface area contributed by atoms with E-state index in [1.807, 2.05) is 7.05 Å². The topological polar surface area (TPSA) is 67.6 Å². The molecule has 3 N–H and O–H groups in total. The fourth-order valence-corrected chi connectivity index (χ4v) is 2.18. The minimum absolute atomic E-state index is 0.0306. The molecule has 0 bridgehead atoms. The summed E-state index contributed by atoms with van der Waals surface area (Å²) in [4.78, 5) is 14.0. The van der Waals surface area contributed by atoms with Crippen LogP contribution in [0.5, 0.6) is 0 Å². The summed E-state index contributed by atoms with van der Waals surface area (Å²) in [5, 5.41) is 2.71. The predicted octanol–water partition coefficient (Wildman–Crippen LogP) is 1.46. The number of hydrogen-bond acceptors (Lipinski definition) is 4. The third-order valence-electron chi connectivity index (χ3n) is 3.50. The molecule has 0 aliphatic carbocycles. The van der Waals surface area contributed by atoms with Crippen molar-refractivity contribution < 1.29 is 13.9 Å². The second kappa shape index (κ2) is 6.67. The van der Waals surface area contributed by atoms with Gasteiger partial charge in [-0.1, -0.05) is 0 Å². The van der Waals surface area contributed by atoms with Gasteiger partial charge in [0.15, 0.2) is 0 Å². The predicted molar refractivity (Wildman–Crippen MR) is 75.9 cm³/mol. The van der Waals surface area contributed by atoms with Gasteiger partial charge in [-0.15, -0.1) is 0 Å². The minimum Gasteiger partial charge on any atom is -0.396 e. The van der Waals surface area contributed by atoms with Crippen LogP contribution in [0.4, 0.5) is 15.8 Å². The van der Waals surface area contributed by atoms with Crippen LogP contribution >= 0.6 is 0 Å². The quantitative estimate of drug-likeness (QED) is 0.802. The Morgan fingerprint density at radius 1 is 1.60 bits per heavy atom. The highest BCUT2D eigenvalue weighted by Crippen LogP contribution is 2.16. The van der Waals surface area contributed by atoms with E-state index in [2.05, 4.69) is 10.2 Å². The van der Waals surface area contributed by atoms with E-state index in [0.717, 1.165) is 19.6 Å². The van der Waals surface area contributed by atoms with Crippen LogP contribution in [0.3, 0.4) is 0 Å². The van der Waals surface area contributed by atoms with Gasteiger partial charge >= 0.3 is 0 Å². The van der Waals surface area contributed by atoms with E-state index in [1.54, 1.807) is 0 Å². The van der Waals surface area contributed by atoms with E-state index in [9.17, 15) is 9.18 Å². The van der Waals surface area contributed by atoms with Gasteiger partial charge in [-0.2, -0.15) is 0 Å². The molecule has 1 aromatic rings. The molecular formula is C14H20FN3O2. The van der Waals surface area contributed by atoms with Gasteiger partial charge in [0.25, 0.3) is 0 Å². The normalized spacial score (nSPS) is 18.4. The average Bonchev–Trinajstić information content (AvgIpc) is 2.94. The van der Waals surface area contributed by atoms with Crippen molar-refractivity contribution >= 4 is 17.3 Å². The van der Waals surface area contributed by atoms with E-state index >= 15 is 0 Å². The molecule has 1 atom stereocenters. The summed E-state index contributed by atoms with van der Waals surface area (Å²) < 4.78 is 18.3. The number of rotatable bonds is 5. The van der Waals surface area contributed by atoms with E-state index in [-0.39, 0.29) is 11.6 Å². The fraction of sp³-hybridized carbons (Fsp3) is 0.500. The van der Waals surface area contributed by atoms with Gasteiger partial charge in [-0.25, -0.2) is 4.39 Å². The first-order valence-corrected chi connectivity index (χ1v) is 6.69. The van der Waals surface area contributed by atoms with Gasteiger partial charge in [0.05, 0.1) is 12.3 Å². The number of carbonyl (C=O) groups is 1. The molecule has 2 rings (SSSR count). The van der Waals surface area contributed by atoms with Crippen molar-refractivity contribution in [2.24, 2.45) is 0 Å². The second-order valence-corrected chi connectivity index (χ2v) is 5.03.